The maximum atomic E-state index is 11.5. The molecule has 1 amide bonds. The summed E-state index contributed by atoms with van der Waals surface area (Å²) in [5.41, 5.74) is 8.02. The second kappa shape index (κ2) is 5.25. The number of nitriles is 1. The van der Waals surface area contributed by atoms with E-state index in [-0.39, 0.29) is 11.8 Å². The van der Waals surface area contributed by atoms with E-state index in [9.17, 15) is 4.79 Å². The van der Waals surface area contributed by atoms with E-state index in [2.05, 4.69) is 6.07 Å². The molecule has 0 unspecified atom stereocenters. The third-order valence-electron chi connectivity index (χ3n) is 2.91. The van der Waals surface area contributed by atoms with Crippen molar-refractivity contribution in [2.75, 3.05) is 0 Å². The molecule has 96 valence electrons. The molecule has 0 spiro atoms. The lowest BCUT2D eigenvalue weighted by Gasteiger charge is -2.02. The molecule has 0 atom stereocenters. The van der Waals surface area contributed by atoms with E-state index in [0.29, 0.717) is 10.4 Å². The first-order valence-electron chi connectivity index (χ1n) is 5.97. The number of primary amides is 1. The van der Waals surface area contributed by atoms with Crippen LogP contribution in [0.5, 0.6) is 0 Å². The number of benzene rings is 1. The summed E-state index contributed by atoms with van der Waals surface area (Å²) in [4.78, 5) is 13.1. The first-order valence-corrected chi connectivity index (χ1v) is 6.78. The summed E-state index contributed by atoms with van der Waals surface area (Å²) in [6.45, 7) is 4.08. The zero-order chi connectivity index (χ0) is 14.0. The van der Waals surface area contributed by atoms with E-state index in [0.717, 1.165) is 16.0 Å². The Kier molecular flexibility index (Phi) is 3.68. The number of amides is 1. The topological polar surface area (TPSA) is 66.9 Å². The van der Waals surface area contributed by atoms with Gasteiger partial charge in [-0.1, -0.05) is 26.0 Å². The van der Waals surface area contributed by atoms with Gasteiger partial charge < -0.3 is 5.73 Å². The smallest absolute Gasteiger partial charge is 0.259 e. The van der Waals surface area contributed by atoms with Gasteiger partial charge in [-0.3, -0.25) is 4.79 Å². The van der Waals surface area contributed by atoms with E-state index >= 15 is 0 Å². The highest BCUT2D eigenvalue weighted by Gasteiger charge is 2.16. The second-order valence-corrected chi connectivity index (χ2v) is 5.66. The second-order valence-electron chi connectivity index (χ2n) is 4.60. The lowest BCUT2D eigenvalue weighted by Crippen LogP contribution is -2.11. The van der Waals surface area contributed by atoms with Gasteiger partial charge in [0.2, 0.25) is 0 Å². The van der Waals surface area contributed by atoms with Crippen molar-refractivity contribution in [3.05, 3.63) is 46.3 Å². The number of thiophene rings is 1. The zero-order valence-electron chi connectivity index (χ0n) is 10.8. The molecule has 0 saturated carbocycles. The lowest BCUT2D eigenvalue weighted by molar-refractivity contribution is 0.100. The average Bonchev–Trinajstić information content (AvgIpc) is 2.84. The van der Waals surface area contributed by atoms with Gasteiger partial charge in [0.25, 0.3) is 5.91 Å². The molecule has 1 heterocycles. The number of rotatable bonds is 3. The largest absolute Gasteiger partial charge is 0.365 e. The highest BCUT2D eigenvalue weighted by atomic mass is 32.1. The van der Waals surface area contributed by atoms with Crippen molar-refractivity contribution in [2.45, 2.75) is 19.8 Å². The maximum absolute atomic E-state index is 11.5. The van der Waals surface area contributed by atoms with Gasteiger partial charge in [0.15, 0.2) is 0 Å². The standard InChI is InChI=1S/C15H14N2OS/c1-9(2)12-7-13(19-14(12)15(17)18)11-5-3-10(8-16)4-6-11/h3-7,9H,1-2H3,(H2,17,18). The van der Waals surface area contributed by atoms with Gasteiger partial charge in [-0.2, -0.15) is 5.26 Å². The lowest BCUT2D eigenvalue weighted by atomic mass is 10.0. The van der Waals surface area contributed by atoms with Crippen molar-refractivity contribution in [2.24, 2.45) is 5.73 Å². The summed E-state index contributed by atoms with van der Waals surface area (Å²) >= 11 is 1.41. The van der Waals surface area contributed by atoms with Crippen LogP contribution >= 0.6 is 11.3 Å². The fourth-order valence-electron chi connectivity index (χ4n) is 1.88. The fraction of sp³-hybridized carbons (Fsp3) is 0.200. The molecular weight excluding hydrogens is 256 g/mol. The Morgan fingerprint density at radius 1 is 1.32 bits per heavy atom. The molecule has 0 fully saturated rings. The zero-order valence-corrected chi connectivity index (χ0v) is 11.6. The SMILES string of the molecule is CC(C)c1cc(-c2ccc(C#N)cc2)sc1C(N)=O. The predicted octanol–water partition coefficient (Wildman–Crippen LogP) is 3.51. The monoisotopic (exact) mass is 270 g/mol. The van der Waals surface area contributed by atoms with Gasteiger partial charge >= 0.3 is 0 Å². The number of hydrogen-bond acceptors (Lipinski definition) is 3. The van der Waals surface area contributed by atoms with Crippen LogP contribution in [-0.4, -0.2) is 5.91 Å². The Balaban J connectivity index is 2.48. The molecule has 2 N–H and O–H groups in total. The number of carbonyl (C=O) groups excluding carboxylic acids is 1. The summed E-state index contributed by atoms with van der Waals surface area (Å²) in [6.07, 6.45) is 0. The van der Waals surface area contributed by atoms with Crippen LogP contribution in [0.2, 0.25) is 0 Å². The van der Waals surface area contributed by atoms with Crippen LogP contribution in [0.4, 0.5) is 0 Å². The quantitative estimate of drug-likeness (QED) is 0.927. The number of hydrogen-bond donors (Lipinski definition) is 1. The van der Waals surface area contributed by atoms with Crippen LogP contribution in [0.1, 0.15) is 40.6 Å². The van der Waals surface area contributed by atoms with Crippen LogP contribution in [0.15, 0.2) is 30.3 Å². The van der Waals surface area contributed by atoms with Crippen LogP contribution in [-0.2, 0) is 0 Å². The van der Waals surface area contributed by atoms with E-state index in [1.807, 2.05) is 32.0 Å². The van der Waals surface area contributed by atoms with Crippen molar-refractivity contribution >= 4 is 17.2 Å². The summed E-state index contributed by atoms with van der Waals surface area (Å²) < 4.78 is 0. The van der Waals surface area contributed by atoms with E-state index in [1.54, 1.807) is 12.1 Å². The fourth-order valence-corrected chi connectivity index (χ4v) is 3.05. The molecule has 19 heavy (non-hydrogen) atoms. The number of nitrogens with two attached hydrogens (primary N) is 1. The van der Waals surface area contributed by atoms with E-state index in [4.69, 9.17) is 11.0 Å². The maximum Gasteiger partial charge on any atom is 0.259 e. The summed E-state index contributed by atoms with van der Waals surface area (Å²) in [5.74, 6) is -0.125. The minimum Gasteiger partial charge on any atom is -0.365 e. The molecule has 1 aromatic carbocycles. The van der Waals surface area contributed by atoms with Crippen molar-refractivity contribution < 1.29 is 4.79 Å². The Morgan fingerprint density at radius 3 is 2.37 bits per heavy atom. The summed E-state index contributed by atoms with van der Waals surface area (Å²) in [6, 6.07) is 11.4. The molecule has 0 aliphatic carbocycles. The van der Waals surface area contributed by atoms with Crippen LogP contribution in [0.25, 0.3) is 10.4 Å². The molecular formula is C15H14N2OS. The Labute approximate surface area is 116 Å². The highest BCUT2D eigenvalue weighted by molar-refractivity contribution is 7.17. The van der Waals surface area contributed by atoms with Crippen LogP contribution < -0.4 is 5.73 Å². The molecule has 0 aliphatic heterocycles. The van der Waals surface area contributed by atoms with Gasteiger partial charge in [0, 0.05) is 4.88 Å². The van der Waals surface area contributed by atoms with Crippen molar-refractivity contribution in [3.63, 3.8) is 0 Å². The molecule has 0 bridgehead atoms. The Hall–Kier alpha value is -2.12. The Bertz CT molecular complexity index is 648. The minimum absolute atomic E-state index is 0.255. The molecule has 2 aromatic rings. The van der Waals surface area contributed by atoms with Crippen LogP contribution in [0, 0.1) is 11.3 Å². The molecule has 0 radical (unpaired) electrons. The first-order chi connectivity index (χ1) is 9.02. The van der Waals surface area contributed by atoms with Crippen molar-refractivity contribution in [1.29, 1.82) is 5.26 Å². The third kappa shape index (κ3) is 2.67. The molecule has 0 saturated heterocycles. The van der Waals surface area contributed by atoms with E-state index < -0.39 is 0 Å². The summed E-state index contributed by atoms with van der Waals surface area (Å²) in [7, 11) is 0. The van der Waals surface area contributed by atoms with Crippen molar-refractivity contribution in [3.8, 4) is 16.5 Å². The third-order valence-corrected chi connectivity index (χ3v) is 4.12. The highest BCUT2D eigenvalue weighted by Crippen LogP contribution is 2.35. The van der Waals surface area contributed by atoms with Crippen molar-refractivity contribution in [1.82, 2.24) is 0 Å². The van der Waals surface area contributed by atoms with Gasteiger partial charge in [0.05, 0.1) is 16.5 Å². The van der Waals surface area contributed by atoms with E-state index in [1.165, 1.54) is 11.3 Å². The molecule has 2 rings (SSSR count). The van der Waals surface area contributed by atoms with Gasteiger partial charge in [-0.15, -0.1) is 11.3 Å². The van der Waals surface area contributed by atoms with Gasteiger partial charge in [-0.25, -0.2) is 0 Å². The van der Waals surface area contributed by atoms with Gasteiger partial charge in [-0.05, 0) is 35.2 Å². The average molecular weight is 270 g/mol. The number of nitrogens with zero attached hydrogens (tertiary/aromatic N) is 1. The van der Waals surface area contributed by atoms with Crippen LogP contribution in [0.3, 0.4) is 0 Å². The normalized spacial score (nSPS) is 10.4. The summed E-state index contributed by atoms with van der Waals surface area (Å²) in [5, 5.41) is 8.78. The minimum atomic E-state index is -0.381. The predicted molar refractivity (Wildman–Crippen MR) is 77.1 cm³/mol. The molecule has 3 nitrogen and oxygen atoms in total. The Morgan fingerprint density at radius 2 is 1.95 bits per heavy atom. The first kappa shape index (κ1) is 13.3. The molecule has 0 aliphatic rings. The molecule has 1 aromatic heterocycles. The number of carbonyl (C=O) groups is 1. The molecule has 4 heteroatoms. The van der Waals surface area contributed by atoms with Gasteiger partial charge in [0.1, 0.15) is 0 Å².